The summed E-state index contributed by atoms with van der Waals surface area (Å²) in [6, 6.07) is 19.5. The lowest BCUT2D eigenvalue weighted by Crippen LogP contribution is -2.48. The third-order valence-corrected chi connectivity index (χ3v) is 10.7. The molecule has 0 saturated carbocycles. The Labute approximate surface area is 199 Å². The Morgan fingerprint density at radius 3 is 2.09 bits per heavy atom. The van der Waals surface area contributed by atoms with Crippen LogP contribution in [0.25, 0.3) is 0 Å². The summed E-state index contributed by atoms with van der Waals surface area (Å²) in [6.45, 7) is 11.3. The highest BCUT2D eigenvalue weighted by molar-refractivity contribution is 7.72. The first kappa shape index (κ1) is 24.6. The maximum atomic E-state index is 13.5. The topological polar surface area (TPSA) is 32.0 Å². The molecule has 0 radical (unpaired) electrons. The van der Waals surface area contributed by atoms with E-state index in [4.69, 9.17) is 9.16 Å². The summed E-state index contributed by atoms with van der Waals surface area (Å²) in [5, 5.41) is -0.361. The number of halogens is 3. The molecule has 8 heteroatoms. The van der Waals surface area contributed by atoms with Crippen LogP contribution < -0.4 is 10.4 Å². The zero-order valence-corrected chi connectivity index (χ0v) is 20.9. The molecule has 4 rings (SSSR count). The zero-order valence-electron chi connectivity index (χ0n) is 20.0. The molecule has 1 aromatic heterocycles. The van der Waals surface area contributed by atoms with Crippen molar-refractivity contribution < 1.29 is 17.6 Å². The molecule has 0 bridgehead atoms. The Hall–Kier alpha value is -2.50. The fourth-order valence-electron chi connectivity index (χ4n) is 4.54. The minimum atomic E-state index is -4.42. The van der Waals surface area contributed by atoms with Gasteiger partial charge in [-0.3, -0.25) is 4.67 Å². The fraction of sp³-hybridized carbons (Fsp3) is 0.385. The van der Waals surface area contributed by atoms with Crippen LogP contribution in [0.3, 0.4) is 0 Å². The Morgan fingerprint density at radius 2 is 1.53 bits per heavy atom. The minimum absolute atomic E-state index is 0.331. The van der Waals surface area contributed by atoms with E-state index in [9.17, 15) is 13.2 Å². The van der Waals surface area contributed by atoms with Crippen molar-refractivity contribution in [1.29, 1.82) is 0 Å². The van der Waals surface area contributed by atoms with Gasteiger partial charge in [0, 0.05) is 37.0 Å². The lowest BCUT2D eigenvalue weighted by Gasteiger charge is -2.47. The van der Waals surface area contributed by atoms with Crippen molar-refractivity contribution in [3.05, 3.63) is 78.1 Å². The number of furan rings is 1. The number of aryl methyl sites for hydroxylation is 1. The molecule has 4 nitrogen and oxygen atoms in total. The second-order valence-electron chi connectivity index (χ2n) is 9.58. The predicted molar refractivity (Wildman–Crippen MR) is 134 cm³/mol. The molecule has 1 atom stereocenters. The van der Waals surface area contributed by atoms with Crippen molar-refractivity contribution >= 4 is 24.1 Å². The van der Waals surface area contributed by atoms with Gasteiger partial charge in [0.05, 0.1) is 11.3 Å². The van der Waals surface area contributed by atoms with Gasteiger partial charge in [-0.1, -0.05) is 45.0 Å². The van der Waals surface area contributed by atoms with Crippen LogP contribution in [0.2, 0.25) is 0 Å². The molecule has 2 aromatic carbocycles. The van der Waals surface area contributed by atoms with Crippen molar-refractivity contribution in [3.8, 4) is 0 Å². The number of piperazine rings is 1. The van der Waals surface area contributed by atoms with Crippen LogP contribution in [0, 0.1) is 6.92 Å². The van der Waals surface area contributed by atoms with Gasteiger partial charge in [0.25, 0.3) is 0 Å². The first-order chi connectivity index (χ1) is 16.0. The number of anilines is 1. The van der Waals surface area contributed by atoms with Crippen molar-refractivity contribution in [2.75, 3.05) is 31.1 Å². The van der Waals surface area contributed by atoms with Gasteiger partial charge in [-0.15, -0.1) is 0 Å². The fourth-order valence-corrected chi connectivity index (χ4v) is 8.62. The molecule has 0 amide bonds. The Bertz CT molecular complexity index is 1170. The highest BCUT2D eigenvalue weighted by Gasteiger charge is 2.44. The van der Waals surface area contributed by atoms with Crippen molar-refractivity contribution in [2.45, 2.75) is 39.0 Å². The van der Waals surface area contributed by atoms with Crippen LogP contribution in [0.15, 0.2) is 75.9 Å². The van der Waals surface area contributed by atoms with Crippen LogP contribution in [-0.4, -0.2) is 36.0 Å². The number of hydrogen-bond acceptors (Lipinski definition) is 3. The van der Waals surface area contributed by atoms with Gasteiger partial charge in [0.2, 0.25) is 0 Å². The van der Waals surface area contributed by atoms with Gasteiger partial charge in [0.1, 0.15) is 13.0 Å². The average molecular weight is 490 g/mol. The van der Waals surface area contributed by atoms with E-state index in [0.717, 1.165) is 49.6 Å². The van der Waals surface area contributed by atoms with Gasteiger partial charge in [0.15, 0.2) is 5.50 Å². The highest BCUT2D eigenvalue weighted by atomic mass is 31.2. The molecular weight excluding hydrogens is 458 g/mol. The summed E-state index contributed by atoms with van der Waals surface area (Å²) in [4.78, 5) is 2.34. The van der Waals surface area contributed by atoms with E-state index in [0.29, 0.717) is 5.69 Å². The largest absolute Gasteiger partial charge is 0.459 e. The maximum absolute atomic E-state index is 13.5. The van der Waals surface area contributed by atoms with E-state index in [1.807, 2.05) is 37.3 Å². The normalized spacial score (nSPS) is 17.4. The molecule has 2 heterocycles. The number of rotatable bonds is 4. The van der Waals surface area contributed by atoms with Gasteiger partial charge >= 0.3 is 6.18 Å². The van der Waals surface area contributed by atoms with E-state index in [1.165, 1.54) is 11.8 Å². The van der Waals surface area contributed by atoms with E-state index in [2.05, 4.69) is 42.5 Å². The Balaban J connectivity index is 1.82. The van der Waals surface area contributed by atoms with Gasteiger partial charge < -0.3 is 9.32 Å². The molecule has 0 N–H and O–H groups in total. The van der Waals surface area contributed by atoms with Crippen LogP contribution in [-0.2, 0) is 6.18 Å². The number of para-hydroxylation sites is 1. The molecule has 0 unspecified atom stereocenters. The summed E-state index contributed by atoms with van der Waals surface area (Å²) in [6.07, 6.45) is -4.42. The molecule has 1 saturated heterocycles. The van der Waals surface area contributed by atoms with Crippen molar-refractivity contribution in [2.24, 2.45) is 4.74 Å². The Morgan fingerprint density at radius 1 is 0.853 bits per heavy atom. The van der Waals surface area contributed by atoms with Crippen LogP contribution in [0.1, 0.15) is 32.1 Å². The van der Waals surface area contributed by atoms with Crippen LogP contribution in [0.4, 0.5) is 24.5 Å². The van der Waals surface area contributed by atoms with Gasteiger partial charge in [-0.25, -0.2) is 4.74 Å². The maximum Gasteiger partial charge on any atom is 0.416 e. The molecule has 1 fully saturated rings. The quantitative estimate of drug-likeness (QED) is 0.361. The summed E-state index contributed by atoms with van der Waals surface area (Å²) in [5.74, 6) is 0.769. The van der Waals surface area contributed by atoms with E-state index < -0.39 is 18.9 Å². The van der Waals surface area contributed by atoms with E-state index in [-0.39, 0.29) is 5.16 Å². The van der Waals surface area contributed by atoms with Gasteiger partial charge in [-0.05, 0) is 49.4 Å². The molecule has 182 valence electrons. The predicted octanol–water partition coefficient (Wildman–Crippen LogP) is 7.30. The smallest absolute Gasteiger partial charge is 0.416 e. The first-order valence-electron chi connectivity index (χ1n) is 11.4. The van der Waals surface area contributed by atoms with Crippen molar-refractivity contribution in [1.82, 2.24) is 4.67 Å². The number of benzene rings is 2. The second kappa shape index (κ2) is 9.27. The minimum Gasteiger partial charge on any atom is -0.459 e. The highest BCUT2D eigenvalue weighted by Crippen LogP contribution is 2.64. The van der Waals surface area contributed by atoms with E-state index in [1.54, 1.807) is 6.07 Å². The van der Waals surface area contributed by atoms with Crippen LogP contribution >= 0.6 is 7.21 Å². The molecule has 3 aromatic rings. The summed E-state index contributed by atoms with van der Waals surface area (Å²) in [7, 11) is -2.60. The summed E-state index contributed by atoms with van der Waals surface area (Å²) < 4.78 is 54.1. The standard InChI is InChI=1S/C26H31F3N3OP/c1-20-13-14-24(33-20)34(25(2,3)4,30-22-10-8-9-21(19-22)26(27,28)29)32-17-15-31(16-18-32)23-11-6-5-7-12-23/h5-14,19H,15-18H2,1-4H3/t34-/m1/s1. The zero-order chi connectivity index (χ0) is 24.6. The molecule has 0 aliphatic carbocycles. The third kappa shape index (κ3) is 4.82. The Kier molecular flexibility index (Phi) is 6.71. The van der Waals surface area contributed by atoms with Crippen LogP contribution in [0.5, 0.6) is 0 Å². The summed E-state index contributed by atoms with van der Waals surface area (Å²) >= 11 is 0. The third-order valence-electron chi connectivity index (χ3n) is 6.19. The molecular formula is C26H31F3N3OP. The average Bonchev–Trinajstić information content (AvgIpc) is 3.23. The van der Waals surface area contributed by atoms with Gasteiger partial charge in [-0.2, -0.15) is 13.2 Å². The molecule has 34 heavy (non-hydrogen) atoms. The number of hydrogen-bond donors (Lipinski definition) is 0. The molecule has 1 aliphatic heterocycles. The SMILES string of the molecule is Cc1ccc([P@@](=Nc2cccc(C(F)(F)F)c2)(N2CCN(c3ccccc3)CC2)C(C)(C)C)o1. The molecule has 0 spiro atoms. The monoisotopic (exact) mass is 489 g/mol. The molecule has 1 aliphatic rings. The lowest BCUT2D eigenvalue weighted by molar-refractivity contribution is -0.137. The van der Waals surface area contributed by atoms with Crippen molar-refractivity contribution in [3.63, 3.8) is 0 Å². The second-order valence-corrected chi connectivity index (χ2v) is 13.3. The lowest BCUT2D eigenvalue weighted by atomic mass is 10.2. The number of alkyl halides is 3. The first-order valence-corrected chi connectivity index (χ1v) is 13.1. The van der Waals surface area contributed by atoms with E-state index >= 15 is 0 Å². The number of nitrogens with zero attached hydrogens (tertiary/aromatic N) is 3. The summed E-state index contributed by atoms with van der Waals surface area (Å²) in [5.41, 5.74) is 1.57.